The van der Waals surface area contributed by atoms with E-state index in [-0.39, 0.29) is 22.9 Å². The molecule has 7 nitrogen and oxygen atoms in total. The van der Waals surface area contributed by atoms with E-state index in [1.54, 1.807) is 23.5 Å². The monoisotopic (exact) mass is 510 g/mol. The Bertz CT molecular complexity index is 1590. The number of ketones is 1. The molecule has 6 rings (SSSR count). The number of carbonyl (C=O) groups excluding carboxylic acids is 1. The van der Waals surface area contributed by atoms with E-state index in [4.69, 9.17) is 11.5 Å². The zero-order valence-corrected chi connectivity index (χ0v) is 20.8. The van der Waals surface area contributed by atoms with Crippen LogP contribution in [0.4, 0.5) is 26.7 Å². The first-order valence-corrected chi connectivity index (χ1v) is 13.1. The largest absolute Gasteiger partial charge is 0.397 e. The molecule has 1 aliphatic heterocycles. The van der Waals surface area contributed by atoms with E-state index in [9.17, 15) is 19.7 Å². The zero-order valence-electron chi connectivity index (χ0n) is 20.0. The third kappa shape index (κ3) is 3.42. The number of rotatable bonds is 2. The lowest BCUT2D eigenvalue weighted by Gasteiger charge is -2.40. The van der Waals surface area contributed by atoms with Crippen LogP contribution in [-0.2, 0) is 17.6 Å². The third-order valence-corrected chi connectivity index (χ3v) is 8.83. The molecule has 184 valence electrons. The summed E-state index contributed by atoms with van der Waals surface area (Å²) in [6, 6.07) is 10.4. The number of thiophene rings is 1. The number of Topliss-reactive ketones (excluding diaryl/α,β-unsaturated/α-hetero) is 1. The molecule has 1 atom stereocenters. The maximum atomic E-state index is 13.9. The summed E-state index contributed by atoms with van der Waals surface area (Å²) in [7, 11) is 0. The van der Waals surface area contributed by atoms with Crippen LogP contribution in [0.15, 0.2) is 35.5 Å². The number of aromatic nitrogens is 1. The quantitative estimate of drug-likeness (QED) is 0.474. The molecule has 0 spiro atoms. The number of hydrogen-bond acceptors (Lipinski definition) is 8. The second-order valence-corrected chi connectivity index (χ2v) is 10.7. The van der Waals surface area contributed by atoms with Gasteiger partial charge in [-0.15, -0.1) is 11.3 Å². The molecular weight excluding hydrogens is 487 g/mol. The summed E-state index contributed by atoms with van der Waals surface area (Å²) in [5.74, 6) is -0.634. The Balaban J connectivity index is 1.72. The third-order valence-electron chi connectivity index (χ3n) is 7.55. The summed E-state index contributed by atoms with van der Waals surface area (Å²) < 4.78 is 13.9. The van der Waals surface area contributed by atoms with Crippen molar-refractivity contribution in [2.45, 2.75) is 50.9 Å². The summed E-state index contributed by atoms with van der Waals surface area (Å²) in [6.07, 6.45) is 5.47. The molecule has 3 aliphatic rings. The molecule has 3 heterocycles. The Labute approximate surface area is 217 Å². The minimum atomic E-state index is -0.630. The van der Waals surface area contributed by atoms with Gasteiger partial charge in [-0.2, -0.15) is 10.5 Å². The summed E-state index contributed by atoms with van der Waals surface area (Å²) in [4.78, 5) is 21.3. The molecule has 0 fully saturated rings. The number of hydrogen-bond donors (Lipinski definition) is 2. The van der Waals surface area contributed by atoms with Gasteiger partial charge in [0.1, 0.15) is 40.2 Å². The highest BCUT2D eigenvalue weighted by Gasteiger charge is 2.43. The molecule has 0 saturated heterocycles. The molecule has 2 aromatic heterocycles. The van der Waals surface area contributed by atoms with Crippen molar-refractivity contribution in [2.24, 2.45) is 0 Å². The van der Waals surface area contributed by atoms with Gasteiger partial charge in [0.2, 0.25) is 0 Å². The van der Waals surface area contributed by atoms with Crippen LogP contribution in [0.25, 0.3) is 0 Å². The van der Waals surface area contributed by atoms with Crippen LogP contribution in [0.5, 0.6) is 0 Å². The summed E-state index contributed by atoms with van der Waals surface area (Å²) in [5, 5.41) is 20.8. The second kappa shape index (κ2) is 8.72. The van der Waals surface area contributed by atoms with E-state index >= 15 is 0 Å². The predicted molar refractivity (Wildman–Crippen MR) is 140 cm³/mol. The molecule has 2 aliphatic carbocycles. The number of fused-ring (bicyclic) bond motifs is 2. The number of anilines is 4. The molecular formula is C28H23FN6OS. The van der Waals surface area contributed by atoms with Gasteiger partial charge in [0.25, 0.3) is 0 Å². The Morgan fingerprint density at radius 1 is 1.00 bits per heavy atom. The average Bonchev–Trinajstić information content (AvgIpc) is 3.26. The Morgan fingerprint density at radius 2 is 1.73 bits per heavy atom. The van der Waals surface area contributed by atoms with Gasteiger partial charge in [0.15, 0.2) is 5.78 Å². The highest BCUT2D eigenvalue weighted by molar-refractivity contribution is 7.16. The van der Waals surface area contributed by atoms with E-state index in [0.29, 0.717) is 52.3 Å². The predicted octanol–water partition coefficient (Wildman–Crippen LogP) is 5.36. The molecule has 3 aromatic rings. The van der Waals surface area contributed by atoms with Crippen LogP contribution in [0.3, 0.4) is 0 Å². The number of halogens is 1. The van der Waals surface area contributed by atoms with Crippen LogP contribution in [0.1, 0.15) is 70.7 Å². The number of pyridine rings is 1. The molecule has 37 heavy (non-hydrogen) atoms. The lowest BCUT2D eigenvalue weighted by Crippen LogP contribution is -2.34. The number of nitriles is 2. The first-order valence-electron chi connectivity index (χ1n) is 12.3. The van der Waals surface area contributed by atoms with E-state index in [0.717, 1.165) is 36.9 Å². The van der Waals surface area contributed by atoms with Crippen molar-refractivity contribution < 1.29 is 9.18 Å². The van der Waals surface area contributed by atoms with E-state index in [1.165, 1.54) is 17.0 Å². The minimum absolute atomic E-state index is 0.00683. The molecule has 4 N–H and O–H groups in total. The Hall–Kier alpha value is -4.21. The SMILES string of the molecule is N#Cc1c(N)nc2c(c1N)[C@@H](c1ccc(F)cc1)C1=C(CCCC1=O)N2c1sc2c(c1C#N)CCCC2. The van der Waals surface area contributed by atoms with Crippen LogP contribution in [0, 0.1) is 28.5 Å². The zero-order chi connectivity index (χ0) is 25.8. The summed E-state index contributed by atoms with van der Waals surface area (Å²) in [5.41, 5.74) is 17.2. The minimum Gasteiger partial charge on any atom is -0.397 e. The first-order chi connectivity index (χ1) is 17.9. The molecule has 1 aromatic carbocycles. The Morgan fingerprint density at radius 3 is 2.46 bits per heavy atom. The van der Waals surface area contributed by atoms with E-state index in [1.807, 2.05) is 4.90 Å². The number of aryl methyl sites for hydroxylation is 1. The molecule has 0 amide bonds. The second-order valence-electron chi connectivity index (χ2n) is 9.59. The van der Waals surface area contributed by atoms with Crippen molar-refractivity contribution in [2.75, 3.05) is 16.4 Å². The maximum Gasteiger partial charge on any atom is 0.161 e. The average molecular weight is 511 g/mol. The van der Waals surface area contributed by atoms with Gasteiger partial charge in [0, 0.05) is 34.0 Å². The lowest BCUT2D eigenvalue weighted by molar-refractivity contribution is -0.116. The fourth-order valence-electron chi connectivity index (χ4n) is 5.91. The number of benzene rings is 1. The van der Waals surface area contributed by atoms with Crippen LogP contribution < -0.4 is 16.4 Å². The van der Waals surface area contributed by atoms with Crippen molar-refractivity contribution >= 4 is 39.4 Å². The fourth-order valence-corrected chi connectivity index (χ4v) is 7.27. The maximum absolute atomic E-state index is 13.9. The normalized spacial score (nSPS) is 18.5. The van der Waals surface area contributed by atoms with Gasteiger partial charge in [-0.25, -0.2) is 9.37 Å². The van der Waals surface area contributed by atoms with Gasteiger partial charge in [-0.05, 0) is 61.8 Å². The van der Waals surface area contributed by atoms with Crippen molar-refractivity contribution in [1.82, 2.24) is 4.98 Å². The topological polar surface area (TPSA) is 133 Å². The van der Waals surface area contributed by atoms with Crippen LogP contribution >= 0.6 is 11.3 Å². The van der Waals surface area contributed by atoms with Crippen molar-refractivity contribution in [3.63, 3.8) is 0 Å². The number of nitrogens with zero attached hydrogens (tertiary/aromatic N) is 4. The summed E-state index contributed by atoms with van der Waals surface area (Å²) in [6.45, 7) is 0. The molecule has 0 radical (unpaired) electrons. The number of allylic oxidation sites excluding steroid dienone is 2. The van der Waals surface area contributed by atoms with Gasteiger partial charge in [-0.1, -0.05) is 12.1 Å². The number of nitrogen functional groups attached to an aromatic ring is 2. The molecule has 9 heteroatoms. The molecule has 0 unspecified atom stereocenters. The first kappa shape index (κ1) is 23.2. The Kier molecular flexibility index (Phi) is 5.47. The fraction of sp³-hybridized carbons (Fsp3) is 0.286. The van der Waals surface area contributed by atoms with Gasteiger partial charge < -0.3 is 11.5 Å². The van der Waals surface area contributed by atoms with Crippen molar-refractivity contribution in [3.05, 3.63) is 74.0 Å². The van der Waals surface area contributed by atoms with Gasteiger partial charge in [0.05, 0.1) is 11.3 Å². The smallest absolute Gasteiger partial charge is 0.161 e. The lowest BCUT2D eigenvalue weighted by atomic mass is 9.74. The number of carbonyl (C=O) groups is 1. The van der Waals surface area contributed by atoms with Crippen molar-refractivity contribution in [1.29, 1.82) is 10.5 Å². The molecule has 0 bridgehead atoms. The van der Waals surface area contributed by atoms with Crippen LogP contribution in [-0.4, -0.2) is 10.8 Å². The highest BCUT2D eigenvalue weighted by atomic mass is 32.1. The number of nitrogens with two attached hydrogens (primary N) is 2. The van der Waals surface area contributed by atoms with E-state index in [2.05, 4.69) is 17.1 Å². The van der Waals surface area contributed by atoms with Gasteiger partial charge >= 0.3 is 0 Å². The van der Waals surface area contributed by atoms with Crippen molar-refractivity contribution in [3.8, 4) is 12.1 Å². The standard InChI is InChI=1S/C28H23FN6OS/c29-15-10-8-14(9-11-15)22-23-19(5-3-6-20(23)36)35(27-24(22)25(32)18(13-31)26(33)34-27)28-17(12-30)16-4-1-2-7-21(16)37-28/h8-11,22H,1-7H2,(H4,32,33,34)/t22-/m0/s1. The summed E-state index contributed by atoms with van der Waals surface area (Å²) >= 11 is 1.56. The highest BCUT2D eigenvalue weighted by Crippen LogP contribution is 2.55. The molecule has 0 saturated carbocycles. The van der Waals surface area contributed by atoms with Gasteiger partial charge in [-0.3, -0.25) is 9.69 Å². The van der Waals surface area contributed by atoms with E-state index < -0.39 is 11.7 Å². The van der Waals surface area contributed by atoms with Crippen LogP contribution in [0.2, 0.25) is 0 Å².